The monoisotopic (exact) mass is 284 g/mol. The van der Waals surface area contributed by atoms with Gasteiger partial charge in [0.1, 0.15) is 0 Å². The smallest absolute Gasteiger partial charge is 0.317 e. The highest BCUT2D eigenvalue weighted by atomic mass is 16.4. The second-order valence-corrected chi connectivity index (χ2v) is 5.84. The standard InChI is InChI=1S/C15H28N2O3/c1-3-4-11-17(13-6-7-13)15(20)16-10-9-12(2)5-8-14(18)19/h12-13H,3-11H2,1-2H3,(H,16,20)(H,18,19). The third-order valence-electron chi connectivity index (χ3n) is 3.77. The molecule has 2 N–H and O–H groups in total. The zero-order valence-corrected chi connectivity index (χ0v) is 12.7. The molecule has 5 nitrogen and oxygen atoms in total. The van der Waals surface area contributed by atoms with Crippen LogP contribution in [-0.2, 0) is 4.79 Å². The van der Waals surface area contributed by atoms with Crippen LogP contribution in [0.15, 0.2) is 0 Å². The molecule has 0 radical (unpaired) electrons. The summed E-state index contributed by atoms with van der Waals surface area (Å²) < 4.78 is 0. The minimum atomic E-state index is -0.750. The molecule has 116 valence electrons. The second kappa shape index (κ2) is 8.82. The average molecular weight is 284 g/mol. The fourth-order valence-electron chi connectivity index (χ4n) is 2.21. The van der Waals surface area contributed by atoms with Crippen LogP contribution in [0.5, 0.6) is 0 Å². The lowest BCUT2D eigenvalue weighted by Gasteiger charge is -2.23. The molecule has 1 aliphatic carbocycles. The summed E-state index contributed by atoms with van der Waals surface area (Å²) >= 11 is 0. The summed E-state index contributed by atoms with van der Waals surface area (Å²) in [4.78, 5) is 24.5. The summed E-state index contributed by atoms with van der Waals surface area (Å²) in [6, 6.07) is 0.498. The van der Waals surface area contributed by atoms with Crippen LogP contribution in [0.25, 0.3) is 0 Å². The van der Waals surface area contributed by atoms with Crippen molar-refractivity contribution in [3.8, 4) is 0 Å². The first-order valence-electron chi connectivity index (χ1n) is 7.80. The van der Waals surface area contributed by atoms with Crippen molar-refractivity contribution in [2.75, 3.05) is 13.1 Å². The van der Waals surface area contributed by atoms with E-state index in [0.29, 0.717) is 24.9 Å². The second-order valence-electron chi connectivity index (χ2n) is 5.84. The molecular weight excluding hydrogens is 256 g/mol. The number of urea groups is 1. The Morgan fingerprint density at radius 2 is 2.05 bits per heavy atom. The highest BCUT2D eigenvalue weighted by Gasteiger charge is 2.31. The molecule has 0 bridgehead atoms. The zero-order chi connectivity index (χ0) is 15.0. The third kappa shape index (κ3) is 6.78. The van der Waals surface area contributed by atoms with Gasteiger partial charge in [-0.15, -0.1) is 0 Å². The average Bonchev–Trinajstić information content (AvgIpc) is 3.21. The Morgan fingerprint density at radius 3 is 2.60 bits per heavy atom. The number of amides is 2. The predicted molar refractivity (Wildman–Crippen MR) is 78.7 cm³/mol. The van der Waals surface area contributed by atoms with Gasteiger partial charge >= 0.3 is 12.0 Å². The molecule has 1 saturated carbocycles. The van der Waals surface area contributed by atoms with Crippen molar-refractivity contribution in [3.05, 3.63) is 0 Å². The van der Waals surface area contributed by atoms with E-state index in [4.69, 9.17) is 5.11 Å². The molecule has 20 heavy (non-hydrogen) atoms. The molecular formula is C15H28N2O3. The van der Waals surface area contributed by atoms with Gasteiger partial charge in [-0.1, -0.05) is 20.3 Å². The van der Waals surface area contributed by atoms with Crippen LogP contribution in [0, 0.1) is 5.92 Å². The van der Waals surface area contributed by atoms with Gasteiger partial charge < -0.3 is 15.3 Å². The maximum absolute atomic E-state index is 12.1. The fourth-order valence-corrected chi connectivity index (χ4v) is 2.21. The Hall–Kier alpha value is -1.26. The van der Waals surface area contributed by atoms with E-state index in [2.05, 4.69) is 12.2 Å². The number of hydrogen-bond acceptors (Lipinski definition) is 2. The molecule has 0 aromatic rings. The van der Waals surface area contributed by atoms with Crippen LogP contribution in [0.4, 0.5) is 4.79 Å². The minimum absolute atomic E-state index is 0.0476. The predicted octanol–water partition coefficient (Wildman–Crippen LogP) is 2.85. The van der Waals surface area contributed by atoms with Crippen molar-refractivity contribution in [2.24, 2.45) is 5.92 Å². The highest BCUT2D eigenvalue weighted by molar-refractivity contribution is 5.74. The van der Waals surface area contributed by atoms with Gasteiger partial charge in [-0.25, -0.2) is 4.79 Å². The molecule has 1 fully saturated rings. The first-order valence-corrected chi connectivity index (χ1v) is 7.80. The van der Waals surface area contributed by atoms with E-state index in [1.807, 2.05) is 11.8 Å². The van der Waals surface area contributed by atoms with Crippen molar-refractivity contribution < 1.29 is 14.7 Å². The van der Waals surface area contributed by atoms with Gasteiger partial charge in [0.25, 0.3) is 0 Å². The van der Waals surface area contributed by atoms with E-state index in [1.54, 1.807) is 0 Å². The van der Waals surface area contributed by atoms with Gasteiger partial charge in [0, 0.05) is 25.6 Å². The van der Waals surface area contributed by atoms with Crippen LogP contribution in [0.3, 0.4) is 0 Å². The number of rotatable bonds is 10. The maximum Gasteiger partial charge on any atom is 0.317 e. The summed E-state index contributed by atoms with van der Waals surface area (Å²) in [5.41, 5.74) is 0. The lowest BCUT2D eigenvalue weighted by Crippen LogP contribution is -2.42. The number of unbranched alkanes of at least 4 members (excludes halogenated alkanes) is 1. The van der Waals surface area contributed by atoms with Crippen LogP contribution >= 0.6 is 0 Å². The van der Waals surface area contributed by atoms with E-state index < -0.39 is 5.97 Å². The molecule has 0 saturated heterocycles. The normalized spacial score (nSPS) is 15.7. The van der Waals surface area contributed by atoms with E-state index in [0.717, 1.165) is 38.6 Å². The van der Waals surface area contributed by atoms with Crippen LogP contribution < -0.4 is 5.32 Å². The molecule has 0 aromatic heterocycles. The quantitative estimate of drug-likeness (QED) is 0.648. The molecule has 1 atom stereocenters. The van der Waals surface area contributed by atoms with Crippen LogP contribution in [0.2, 0.25) is 0 Å². The number of carboxylic acids is 1. The maximum atomic E-state index is 12.1. The van der Waals surface area contributed by atoms with Crippen LogP contribution in [0.1, 0.15) is 58.8 Å². The summed E-state index contributed by atoms with van der Waals surface area (Å²) in [5, 5.41) is 11.6. The number of nitrogens with one attached hydrogen (secondary N) is 1. The first kappa shape index (κ1) is 16.8. The number of carboxylic acid groups (broad SMARTS) is 1. The Balaban J connectivity index is 2.18. The molecule has 0 aliphatic heterocycles. The Bertz CT molecular complexity index is 316. The van der Waals surface area contributed by atoms with Gasteiger partial charge in [-0.2, -0.15) is 0 Å². The summed E-state index contributed by atoms with van der Waals surface area (Å²) in [6.07, 6.45) is 6.14. The summed E-state index contributed by atoms with van der Waals surface area (Å²) in [7, 11) is 0. The molecule has 1 rings (SSSR count). The summed E-state index contributed by atoms with van der Waals surface area (Å²) in [6.45, 7) is 5.65. The number of aliphatic carboxylic acids is 1. The Labute approximate surface area is 121 Å². The van der Waals surface area contributed by atoms with Crippen molar-refractivity contribution in [1.82, 2.24) is 10.2 Å². The molecule has 0 aromatic carbocycles. The fraction of sp³-hybridized carbons (Fsp3) is 0.867. The third-order valence-corrected chi connectivity index (χ3v) is 3.77. The first-order chi connectivity index (χ1) is 9.54. The van der Waals surface area contributed by atoms with Gasteiger partial charge in [-0.3, -0.25) is 4.79 Å². The van der Waals surface area contributed by atoms with Gasteiger partial charge in [0.15, 0.2) is 0 Å². The van der Waals surface area contributed by atoms with E-state index in [1.165, 1.54) is 0 Å². The highest BCUT2D eigenvalue weighted by Crippen LogP contribution is 2.27. The number of carbonyl (C=O) groups is 2. The molecule has 1 unspecified atom stereocenters. The molecule has 5 heteroatoms. The largest absolute Gasteiger partial charge is 0.481 e. The molecule has 1 aliphatic rings. The lowest BCUT2D eigenvalue weighted by atomic mass is 10.0. The SMILES string of the molecule is CCCCN(C(=O)NCCC(C)CCC(=O)O)C1CC1. The minimum Gasteiger partial charge on any atom is -0.481 e. The van der Waals surface area contributed by atoms with Gasteiger partial charge in [0.2, 0.25) is 0 Å². The molecule has 0 heterocycles. The van der Waals surface area contributed by atoms with E-state index in [9.17, 15) is 9.59 Å². The van der Waals surface area contributed by atoms with E-state index in [-0.39, 0.29) is 12.5 Å². The number of nitrogens with zero attached hydrogens (tertiary/aromatic N) is 1. The topological polar surface area (TPSA) is 69.6 Å². The zero-order valence-electron chi connectivity index (χ0n) is 12.7. The molecule has 0 spiro atoms. The lowest BCUT2D eigenvalue weighted by molar-refractivity contribution is -0.137. The van der Waals surface area contributed by atoms with Gasteiger partial charge in [0.05, 0.1) is 0 Å². The number of hydrogen-bond donors (Lipinski definition) is 2. The van der Waals surface area contributed by atoms with Crippen LogP contribution in [-0.4, -0.2) is 41.1 Å². The van der Waals surface area contributed by atoms with Gasteiger partial charge in [-0.05, 0) is 38.0 Å². The van der Waals surface area contributed by atoms with Crippen molar-refractivity contribution in [2.45, 2.75) is 64.8 Å². The Morgan fingerprint density at radius 1 is 1.35 bits per heavy atom. The van der Waals surface area contributed by atoms with Crippen molar-refractivity contribution in [1.29, 1.82) is 0 Å². The van der Waals surface area contributed by atoms with E-state index >= 15 is 0 Å². The van der Waals surface area contributed by atoms with Crippen molar-refractivity contribution >= 4 is 12.0 Å². The van der Waals surface area contributed by atoms with Crippen molar-refractivity contribution in [3.63, 3.8) is 0 Å². The Kier molecular flexibility index (Phi) is 7.41. The molecule has 2 amide bonds. The summed E-state index contributed by atoms with van der Waals surface area (Å²) in [5.74, 6) is -0.420. The number of carbonyl (C=O) groups excluding carboxylic acids is 1.